The highest BCUT2D eigenvalue weighted by molar-refractivity contribution is 6.06. The maximum absolute atomic E-state index is 13.0. The SMILES string of the molecule is O=C1[C@@H]2[C@H]3C=C[C@@H]([C@@H]4C[C@H]34)[C@H]2C(=O)N1/N=C\c1cccc(OCc2ccc([N+](=O)[O-])cc2)c1. The summed E-state index contributed by atoms with van der Waals surface area (Å²) in [4.78, 5) is 36.3. The number of imide groups is 1. The van der Waals surface area contributed by atoms with E-state index in [1.165, 1.54) is 18.3 Å². The lowest BCUT2D eigenvalue weighted by molar-refractivity contribution is -0.384. The van der Waals surface area contributed by atoms with Crippen molar-refractivity contribution in [1.29, 1.82) is 0 Å². The summed E-state index contributed by atoms with van der Waals surface area (Å²) < 4.78 is 5.79. The number of non-ortho nitro benzene ring substituents is 1. The molecule has 33 heavy (non-hydrogen) atoms. The zero-order valence-corrected chi connectivity index (χ0v) is 17.6. The molecule has 4 aliphatic carbocycles. The fraction of sp³-hybridized carbons (Fsp3) is 0.320. The van der Waals surface area contributed by atoms with Crippen LogP contribution in [0.15, 0.2) is 65.8 Å². The van der Waals surface area contributed by atoms with Crippen LogP contribution in [0, 0.1) is 45.6 Å². The van der Waals surface area contributed by atoms with Gasteiger partial charge in [-0.2, -0.15) is 10.1 Å². The molecule has 3 fully saturated rings. The van der Waals surface area contributed by atoms with Crippen LogP contribution in [0.1, 0.15) is 17.5 Å². The fourth-order valence-corrected chi connectivity index (χ4v) is 5.74. The molecule has 0 N–H and O–H groups in total. The van der Waals surface area contributed by atoms with Gasteiger partial charge >= 0.3 is 0 Å². The Bertz CT molecular complexity index is 1180. The van der Waals surface area contributed by atoms with Crippen molar-refractivity contribution in [3.63, 3.8) is 0 Å². The third-order valence-electron chi connectivity index (χ3n) is 7.37. The smallest absolute Gasteiger partial charge is 0.269 e. The van der Waals surface area contributed by atoms with Crippen molar-refractivity contribution >= 4 is 23.7 Å². The number of nitro groups is 1. The van der Waals surface area contributed by atoms with Crippen molar-refractivity contribution < 1.29 is 19.2 Å². The standard InChI is InChI=1S/C25H21N3O5/c29-24-22-18-8-9-19(21-11-20(18)21)23(22)25(30)27(24)26-12-15-2-1-3-17(10-15)33-13-14-4-6-16(7-5-14)28(31)32/h1-10,12,18-23H,11,13H2/b26-12-/t18-,19-,20-,21+,22+,23+/m0/s1. The molecule has 2 aromatic carbocycles. The second kappa shape index (κ2) is 7.37. The number of nitro benzene ring substituents is 1. The Morgan fingerprint density at radius 2 is 1.70 bits per heavy atom. The minimum absolute atomic E-state index is 0.0311. The number of hydrazone groups is 1. The zero-order valence-electron chi connectivity index (χ0n) is 17.6. The predicted octanol–water partition coefficient (Wildman–Crippen LogP) is 3.56. The Labute approximate surface area is 189 Å². The molecule has 2 saturated carbocycles. The van der Waals surface area contributed by atoms with Gasteiger partial charge in [-0.3, -0.25) is 19.7 Å². The van der Waals surface area contributed by atoms with Crippen LogP contribution in [0.2, 0.25) is 0 Å². The van der Waals surface area contributed by atoms with Crippen LogP contribution in [0.25, 0.3) is 0 Å². The molecular formula is C25H21N3O5. The van der Waals surface area contributed by atoms with Gasteiger partial charge in [-0.1, -0.05) is 24.3 Å². The first-order chi connectivity index (χ1) is 16.0. The van der Waals surface area contributed by atoms with E-state index in [9.17, 15) is 19.7 Å². The number of hydrogen-bond donors (Lipinski definition) is 0. The Balaban J connectivity index is 1.13. The molecule has 2 amide bonds. The summed E-state index contributed by atoms with van der Waals surface area (Å²) in [5.74, 6) is 1.18. The monoisotopic (exact) mass is 443 g/mol. The molecule has 1 heterocycles. The van der Waals surface area contributed by atoms with Crippen LogP contribution in [-0.2, 0) is 16.2 Å². The van der Waals surface area contributed by atoms with Gasteiger partial charge < -0.3 is 4.74 Å². The lowest BCUT2D eigenvalue weighted by Crippen LogP contribution is -2.40. The molecular weight excluding hydrogens is 422 g/mol. The summed E-state index contributed by atoms with van der Waals surface area (Å²) in [7, 11) is 0. The van der Waals surface area contributed by atoms with Crippen LogP contribution < -0.4 is 4.74 Å². The molecule has 0 spiro atoms. The van der Waals surface area contributed by atoms with Crippen molar-refractivity contribution in [2.75, 3.05) is 0 Å². The van der Waals surface area contributed by atoms with Gasteiger partial charge in [0.15, 0.2) is 0 Å². The van der Waals surface area contributed by atoms with E-state index in [4.69, 9.17) is 4.74 Å². The molecule has 0 radical (unpaired) electrons. The molecule has 5 aliphatic rings. The van der Waals surface area contributed by atoms with E-state index in [1.807, 2.05) is 6.07 Å². The number of rotatable bonds is 6. The van der Waals surface area contributed by atoms with Crippen molar-refractivity contribution in [2.45, 2.75) is 13.0 Å². The van der Waals surface area contributed by atoms with Gasteiger partial charge in [0.2, 0.25) is 0 Å². The average molecular weight is 443 g/mol. The summed E-state index contributed by atoms with van der Waals surface area (Å²) in [6.45, 7) is 0.253. The van der Waals surface area contributed by atoms with Crippen LogP contribution in [0.5, 0.6) is 5.75 Å². The molecule has 166 valence electrons. The first-order valence-corrected chi connectivity index (χ1v) is 11.1. The van der Waals surface area contributed by atoms with Crippen LogP contribution in [0.3, 0.4) is 0 Å². The first kappa shape index (κ1) is 19.8. The molecule has 8 nitrogen and oxygen atoms in total. The number of ether oxygens (including phenoxy) is 1. The molecule has 2 bridgehead atoms. The topological polar surface area (TPSA) is 102 Å². The van der Waals surface area contributed by atoms with E-state index in [0.717, 1.165) is 17.0 Å². The quantitative estimate of drug-likeness (QED) is 0.223. The molecule has 8 heteroatoms. The third-order valence-corrected chi connectivity index (χ3v) is 7.37. The summed E-state index contributed by atoms with van der Waals surface area (Å²) >= 11 is 0. The van der Waals surface area contributed by atoms with Crippen LogP contribution >= 0.6 is 0 Å². The van der Waals surface area contributed by atoms with Gasteiger partial charge in [-0.15, -0.1) is 0 Å². The van der Waals surface area contributed by atoms with Crippen molar-refractivity contribution in [2.24, 2.45) is 40.6 Å². The van der Waals surface area contributed by atoms with Crippen LogP contribution in [-0.4, -0.2) is 28.0 Å². The Hall–Kier alpha value is -3.81. The van der Waals surface area contributed by atoms with E-state index in [0.29, 0.717) is 23.1 Å². The summed E-state index contributed by atoms with van der Waals surface area (Å²) in [5, 5.41) is 16.1. The van der Waals surface area contributed by atoms with Gasteiger partial charge in [0.25, 0.3) is 17.5 Å². The fourth-order valence-electron chi connectivity index (χ4n) is 5.74. The van der Waals surface area contributed by atoms with Gasteiger partial charge in [0, 0.05) is 12.1 Å². The molecule has 0 aromatic heterocycles. The summed E-state index contributed by atoms with van der Waals surface area (Å²) in [6.07, 6.45) is 6.93. The molecule has 1 saturated heterocycles. The minimum atomic E-state index is -0.442. The van der Waals surface area contributed by atoms with Gasteiger partial charge in [-0.25, -0.2) is 0 Å². The number of allylic oxidation sites excluding steroid dienone is 2. The maximum atomic E-state index is 13.0. The summed E-state index contributed by atoms with van der Waals surface area (Å²) in [6, 6.07) is 13.4. The average Bonchev–Trinajstić information content (AvgIpc) is 3.61. The zero-order chi connectivity index (χ0) is 22.7. The number of carbonyl (C=O) groups excluding carboxylic acids is 2. The second-order valence-electron chi connectivity index (χ2n) is 9.17. The highest BCUT2D eigenvalue weighted by Crippen LogP contribution is 2.65. The van der Waals surface area contributed by atoms with E-state index < -0.39 is 4.92 Å². The molecule has 2 aromatic rings. The number of carbonyl (C=O) groups is 2. The highest BCUT2D eigenvalue weighted by atomic mass is 16.6. The Morgan fingerprint density at radius 1 is 1.03 bits per heavy atom. The van der Waals surface area contributed by atoms with E-state index in [1.54, 1.807) is 30.3 Å². The minimum Gasteiger partial charge on any atom is -0.489 e. The second-order valence-corrected chi connectivity index (χ2v) is 9.17. The third kappa shape index (κ3) is 3.25. The first-order valence-electron chi connectivity index (χ1n) is 11.1. The van der Waals surface area contributed by atoms with E-state index in [2.05, 4.69) is 17.3 Å². The van der Waals surface area contributed by atoms with Gasteiger partial charge in [-0.05, 0) is 65.5 Å². The van der Waals surface area contributed by atoms with Crippen molar-refractivity contribution in [3.8, 4) is 5.75 Å². The Morgan fingerprint density at radius 3 is 2.33 bits per heavy atom. The van der Waals surface area contributed by atoms with Crippen molar-refractivity contribution in [3.05, 3.63) is 81.9 Å². The number of benzene rings is 2. The van der Waals surface area contributed by atoms with E-state index in [-0.39, 0.29) is 47.8 Å². The largest absolute Gasteiger partial charge is 0.489 e. The lowest BCUT2D eigenvalue weighted by atomic mass is 9.63. The molecule has 7 rings (SSSR count). The van der Waals surface area contributed by atoms with Gasteiger partial charge in [0.1, 0.15) is 12.4 Å². The van der Waals surface area contributed by atoms with Crippen LogP contribution in [0.4, 0.5) is 5.69 Å². The number of hydrogen-bond acceptors (Lipinski definition) is 6. The Kier molecular flexibility index (Phi) is 4.43. The number of nitrogens with zero attached hydrogens (tertiary/aromatic N) is 3. The highest BCUT2D eigenvalue weighted by Gasteiger charge is 2.67. The normalized spacial score (nSPS) is 31.1. The number of amides is 2. The van der Waals surface area contributed by atoms with Gasteiger partial charge in [0.05, 0.1) is 23.0 Å². The summed E-state index contributed by atoms with van der Waals surface area (Å²) in [5.41, 5.74) is 1.54. The van der Waals surface area contributed by atoms with Crippen molar-refractivity contribution in [1.82, 2.24) is 5.01 Å². The lowest BCUT2D eigenvalue weighted by Gasteiger charge is -2.37. The predicted molar refractivity (Wildman–Crippen MR) is 118 cm³/mol. The molecule has 1 aliphatic heterocycles. The van der Waals surface area contributed by atoms with E-state index >= 15 is 0 Å². The molecule has 6 atom stereocenters. The molecule has 0 unspecified atom stereocenters. The maximum Gasteiger partial charge on any atom is 0.269 e.